The fourth-order valence-corrected chi connectivity index (χ4v) is 1.54. The fraction of sp³-hybridized carbons (Fsp3) is 0.400. The van der Waals surface area contributed by atoms with Gasteiger partial charge in [-0.1, -0.05) is 0 Å². The topological polar surface area (TPSA) is 88.8 Å². The Morgan fingerprint density at radius 1 is 1.50 bits per heavy atom. The molecule has 1 aromatic heterocycles. The maximum Gasteiger partial charge on any atom is 0.433 e. The van der Waals surface area contributed by atoms with Gasteiger partial charge in [0.1, 0.15) is 5.69 Å². The van der Waals surface area contributed by atoms with Crippen molar-refractivity contribution in [3.05, 3.63) is 17.5 Å². The summed E-state index contributed by atoms with van der Waals surface area (Å²) in [7, 11) is -3.99. The third kappa shape index (κ3) is 2.70. The van der Waals surface area contributed by atoms with E-state index >= 15 is 0 Å². The Kier molecular flexibility index (Phi) is 2.54. The molecule has 1 rings (SSSR count). The maximum absolute atomic E-state index is 12.1. The van der Waals surface area contributed by atoms with Crippen LogP contribution in [0.2, 0.25) is 0 Å². The quantitative estimate of drug-likeness (QED) is 0.760. The lowest BCUT2D eigenvalue weighted by molar-refractivity contribution is -0.141. The van der Waals surface area contributed by atoms with Crippen LogP contribution in [0.3, 0.4) is 0 Å². The molecular formula is C5H6F3N3O2S. The molecule has 1 aromatic rings. The van der Waals surface area contributed by atoms with Gasteiger partial charge in [0, 0.05) is 5.56 Å². The van der Waals surface area contributed by atoms with E-state index in [-0.39, 0.29) is 0 Å². The minimum atomic E-state index is -4.66. The molecule has 0 spiro atoms. The van der Waals surface area contributed by atoms with Crippen molar-refractivity contribution < 1.29 is 21.6 Å². The number of hydrogen-bond acceptors (Lipinski definition) is 3. The molecule has 0 aromatic carbocycles. The van der Waals surface area contributed by atoms with Crippen LogP contribution in [0.5, 0.6) is 0 Å². The number of nitrogens with zero attached hydrogens (tertiary/aromatic N) is 1. The molecule has 3 N–H and O–H groups in total. The zero-order valence-electron chi connectivity index (χ0n) is 6.67. The summed E-state index contributed by atoms with van der Waals surface area (Å²) in [6, 6.07) is 0. The van der Waals surface area contributed by atoms with Crippen molar-refractivity contribution in [1.29, 1.82) is 0 Å². The zero-order chi connectivity index (χ0) is 11.0. The summed E-state index contributed by atoms with van der Waals surface area (Å²) >= 11 is 0. The summed E-state index contributed by atoms with van der Waals surface area (Å²) in [5.41, 5.74) is -1.67. The molecule has 5 nitrogen and oxygen atoms in total. The molecule has 80 valence electrons. The smallest absolute Gasteiger partial charge is 0.273 e. The van der Waals surface area contributed by atoms with Gasteiger partial charge in [-0.25, -0.2) is 13.6 Å². The van der Waals surface area contributed by atoms with E-state index in [0.29, 0.717) is 0 Å². The van der Waals surface area contributed by atoms with Crippen LogP contribution in [-0.4, -0.2) is 18.6 Å². The first kappa shape index (κ1) is 11.0. The van der Waals surface area contributed by atoms with E-state index in [9.17, 15) is 21.6 Å². The second kappa shape index (κ2) is 3.24. The highest BCUT2D eigenvalue weighted by molar-refractivity contribution is 7.88. The second-order valence-electron chi connectivity index (χ2n) is 2.58. The first-order valence-corrected chi connectivity index (χ1v) is 5.01. The van der Waals surface area contributed by atoms with Crippen molar-refractivity contribution >= 4 is 10.0 Å². The van der Waals surface area contributed by atoms with E-state index < -0.39 is 33.2 Å². The van der Waals surface area contributed by atoms with Crippen LogP contribution in [0.4, 0.5) is 13.2 Å². The van der Waals surface area contributed by atoms with E-state index in [1.54, 1.807) is 5.10 Å². The minimum Gasteiger partial charge on any atom is -0.273 e. The monoisotopic (exact) mass is 229 g/mol. The lowest BCUT2D eigenvalue weighted by Gasteiger charge is -2.05. The summed E-state index contributed by atoms with van der Waals surface area (Å²) in [5.74, 6) is -0.891. The van der Waals surface area contributed by atoms with Crippen LogP contribution in [0.1, 0.15) is 11.3 Å². The molecule has 0 aliphatic rings. The first-order chi connectivity index (χ1) is 6.20. The average molecular weight is 229 g/mol. The third-order valence-electron chi connectivity index (χ3n) is 1.36. The van der Waals surface area contributed by atoms with Crippen molar-refractivity contribution in [2.75, 3.05) is 0 Å². The molecule has 0 aliphatic heterocycles. The van der Waals surface area contributed by atoms with E-state index in [2.05, 4.69) is 10.2 Å². The molecule has 0 atom stereocenters. The van der Waals surface area contributed by atoms with E-state index in [1.165, 1.54) is 0 Å². The Balaban J connectivity index is 3.06. The van der Waals surface area contributed by atoms with Gasteiger partial charge in [-0.2, -0.15) is 18.3 Å². The summed E-state index contributed by atoms with van der Waals surface area (Å²) in [6.07, 6.45) is -3.87. The highest BCUT2D eigenvalue weighted by Crippen LogP contribution is 2.30. The number of hydrogen-bond donors (Lipinski definition) is 2. The summed E-state index contributed by atoms with van der Waals surface area (Å²) < 4.78 is 57.5. The van der Waals surface area contributed by atoms with Crippen LogP contribution in [0, 0.1) is 0 Å². The molecule has 0 saturated heterocycles. The largest absolute Gasteiger partial charge is 0.433 e. The SMILES string of the molecule is NS(=O)(=O)Cc1cn[nH]c1C(F)(F)F. The lowest BCUT2D eigenvalue weighted by Crippen LogP contribution is -2.17. The molecule has 0 bridgehead atoms. The Hall–Kier alpha value is -1.09. The predicted octanol–water partition coefficient (Wildman–Crippen LogP) is 0.217. The standard InChI is InChI=1S/C5H6F3N3O2S/c6-5(7,8)4-3(1-10-11-4)2-14(9,12)13/h1H,2H2,(H,10,11)(H2,9,12,13). The number of nitrogens with two attached hydrogens (primary N) is 1. The summed E-state index contributed by atoms with van der Waals surface area (Å²) in [4.78, 5) is 0. The lowest BCUT2D eigenvalue weighted by atomic mass is 10.3. The fourth-order valence-electron chi connectivity index (χ4n) is 0.883. The van der Waals surface area contributed by atoms with Crippen molar-refractivity contribution in [1.82, 2.24) is 10.2 Å². The number of halogens is 3. The molecule has 9 heteroatoms. The van der Waals surface area contributed by atoms with Gasteiger partial charge in [-0.05, 0) is 0 Å². The molecule has 14 heavy (non-hydrogen) atoms. The number of aromatic amines is 1. The summed E-state index contributed by atoms with van der Waals surface area (Å²) in [5, 5.41) is 9.38. The number of primary sulfonamides is 1. The molecular weight excluding hydrogens is 223 g/mol. The second-order valence-corrected chi connectivity index (χ2v) is 4.19. The molecule has 1 heterocycles. The minimum absolute atomic E-state index is 0.486. The number of nitrogens with one attached hydrogen (secondary N) is 1. The van der Waals surface area contributed by atoms with Crippen LogP contribution >= 0.6 is 0 Å². The Labute approximate surface area is 77.2 Å². The highest BCUT2D eigenvalue weighted by Gasteiger charge is 2.36. The van der Waals surface area contributed by atoms with E-state index in [0.717, 1.165) is 6.20 Å². The number of alkyl halides is 3. The molecule has 0 aliphatic carbocycles. The van der Waals surface area contributed by atoms with Crippen LogP contribution < -0.4 is 5.14 Å². The number of H-pyrrole nitrogens is 1. The molecule has 0 radical (unpaired) electrons. The van der Waals surface area contributed by atoms with E-state index in [1.807, 2.05) is 0 Å². The normalized spacial score (nSPS) is 13.1. The zero-order valence-corrected chi connectivity index (χ0v) is 7.48. The van der Waals surface area contributed by atoms with Gasteiger partial charge in [-0.3, -0.25) is 5.10 Å². The third-order valence-corrected chi connectivity index (χ3v) is 2.07. The molecule has 0 amide bonds. The molecule has 0 unspecified atom stereocenters. The summed E-state index contributed by atoms with van der Waals surface area (Å²) in [6.45, 7) is 0. The van der Waals surface area contributed by atoms with Gasteiger partial charge in [0.25, 0.3) is 0 Å². The number of aromatic nitrogens is 2. The Bertz CT molecular complexity index is 422. The van der Waals surface area contributed by atoms with Crippen molar-refractivity contribution in [2.24, 2.45) is 5.14 Å². The molecule has 0 saturated carbocycles. The van der Waals surface area contributed by atoms with Gasteiger partial charge in [0.05, 0.1) is 11.9 Å². The van der Waals surface area contributed by atoms with E-state index in [4.69, 9.17) is 0 Å². The molecule has 0 fully saturated rings. The first-order valence-electron chi connectivity index (χ1n) is 3.30. The maximum atomic E-state index is 12.1. The van der Waals surface area contributed by atoms with Crippen LogP contribution in [0.25, 0.3) is 0 Å². The van der Waals surface area contributed by atoms with Crippen molar-refractivity contribution in [2.45, 2.75) is 11.9 Å². The van der Waals surface area contributed by atoms with Crippen molar-refractivity contribution in [3.63, 3.8) is 0 Å². The average Bonchev–Trinajstić information content (AvgIpc) is 2.29. The van der Waals surface area contributed by atoms with Gasteiger partial charge in [0.15, 0.2) is 0 Å². The number of rotatable bonds is 2. The van der Waals surface area contributed by atoms with Gasteiger partial charge in [-0.15, -0.1) is 0 Å². The van der Waals surface area contributed by atoms with Crippen molar-refractivity contribution in [3.8, 4) is 0 Å². The van der Waals surface area contributed by atoms with Gasteiger partial charge in [0.2, 0.25) is 10.0 Å². The van der Waals surface area contributed by atoms with Crippen LogP contribution in [-0.2, 0) is 22.0 Å². The highest BCUT2D eigenvalue weighted by atomic mass is 32.2. The Morgan fingerprint density at radius 2 is 2.07 bits per heavy atom. The predicted molar refractivity (Wildman–Crippen MR) is 40.4 cm³/mol. The van der Waals surface area contributed by atoms with Crippen LogP contribution in [0.15, 0.2) is 6.20 Å². The Morgan fingerprint density at radius 3 is 2.50 bits per heavy atom. The van der Waals surface area contributed by atoms with Gasteiger partial charge >= 0.3 is 6.18 Å². The number of sulfonamides is 1. The van der Waals surface area contributed by atoms with Gasteiger partial charge < -0.3 is 0 Å².